The van der Waals surface area contributed by atoms with Crippen LogP contribution in [0, 0.1) is 11.6 Å². The van der Waals surface area contributed by atoms with Gasteiger partial charge in [0.2, 0.25) is 0 Å². The van der Waals surface area contributed by atoms with Crippen molar-refractivity contribution in [1.29, 1.82) is 0 Å². The van der Waals surface area contributed by atoms with Gasteiger partial charge in [-0.05, 0) is 80.1 Å². The molecule has 2 N–H and O–H groups in total. The quantitative estimate of drug-likeness (QED) is 0.289. The smallest absolute Gasteiger partial charge is 0.319 e. The lowest BCUT2D eigenvalue weighted by Gasteiger charge is -2.38. The number of pyridine rings is 1. The van der Waals surface area contributed by atoms with Crippen LogP contribution in [0.15, 0.2) is 30.5 Å². The standard InChI is InChI=1S/C33H36F3N5O3/c1-3-22-25(35)7-6-19-12-21(42)13-23(26(19)22)28-27(36)29-24(15-37-28)30(40-10-4-8-32(2,43)17-40)39-31(38-29)44-18-33-9-5-11-41(33)16-20(34)14-33/h6-7,12-13,15,20,42-43H,3-5,8-11,14,16-18H2,1-2H3/t20-,32+,33+/m1/s1. The number of benzene rings is 2. The molecule has 232 valence electrons. The summed E-state index contributed by atoms with van der Waals surface area (Å²) in [6.45, 7) is 5.79. The molecular formula is C33H36F3N5O3. The fourth-order valence-corrected chi connectivity index (χ4v) is 7.60. The molecule has 3 saturated heterocycles. The van der Waals surface area contributed by atoms with Gasteiger partial charge >= 0.3 is 6.01 Å². The van der Waals surface area contributed by atoms with Crippen molar-refractivity contribution >= 4 is 27.5 Å². The molecule has 0 unspecified atom stereocenters. The molecule has 2 aromatic carbocycles. The first-order valence-corrected chi connectivity index (χ1v) is 15.4. The first kappa shape index (κ1) is 29.0. The lowest BCUT2D eigenvalue weighted by atomic mass is 9.94. The van der Waals surface area contributed by atoms with Gasteiger partial charge in [0.25, 0.3) is 0 Å². The van der Waals surface area contributed by atoms with Crippen LogP contribution in [0.4, 0.5) is 19.0 Å². The number of fused-ring (bicyclic) bond motifs is 3. The Kier molecular flexibility index (Phi) is 7.08. The van der Waals surface area contributed by atoms with Gasteiger partial charge in [-0.15, -0.1) is 0 Å². The number of aromatic nitrogens is 3. The van der Waals surface area contributed by atoms with Gasteiger partial charge in [-0.25, -0.2) is 13.2 Å². The largest absolute Gasteiger partial charge is 0.508 e. The van der Waals surface area contributed by atoms with Crippen LogP contribution in [0.5, 0.6) is 11.8 Å². The topological polar surface area (TPSA) is 94.8 Å². The predicted octanol–water partition coefficient (Wildman–Crippen LogP) is 5.70. The maximum absolute atomic E-state index is 16.7. The number of aliphatic hydroxyl groups is 1. The van der Waals surface area contributed by atoms with Crippen molar-refractivity contribution in [2.45, 2.75) is 69.7 Å². The maximum atomic E-state index is 16.7. The van der Waals surface area contributed by atoms with Crippen LogP contribution in [0.25, 0.3) is 32.9 Å². The fraction of sp³-hybridized carbons (Fsp3) is 0.485. The van der Waals surface area contributed by atoms with E-state index in [1.54, 1.807) is 13.0 Å². The third kappa shape index (κ3) is 4.90. The van der Waals surface area contributed by atoms with E-state index in [-0.39, 0.29) is 41.7 Å². The Labute approximate surface area is 253 Å². The Morgan fingerprint density at radius 1 is 1.11 bits per heavy atom. The molecule has 11 heteroatoms. The molecule has 0 bridgehead atoms. The van der Waals surface area contributed by atoms with Crippen LogP contribution in [-0.4, -0.2) is 80.2 Å². The highest BCUT2D eigenvalue weighted by Gasteiger charge is 2.49. The van der Waals surface area contributed by atoms with Gasteiger partial charge in [0.1, 0.15) is 41.4 Å². The molecule has 44 heavy (non-hydrogen) atoms. The minimum Gasteiger partial charge on any atom is -0.508 e. The van der Waals surface area contributed by atoms with Crippen molar-refractivity contribution in [2.24, 2.45) is 0 Å². The number of nitrogens with zero attached hydrogens (tertiary/aromatic N) is 5. The maximum Gasteiger partial charge on any atom is 0.319 e. The lowest BCUT2D eigenvalue weighted by Crippen LogP contribution is -2.46. The summed E-state index contributed by atoms with van der Waals surface area (Å²) in [5.41, 5.74) is -0.898. The highest BCUT2D eigenvalue weighted by atomic mass is 19.1. The van der Waals surface area contributed by atoms with E-state index in [4.69, 9.17) is 9.72 Å². The molecule has 3 fully saturated rings. The van der Waals surface area contributed by atoms with Gasteiger partial charge < -0.3 is 19.8 Å². The molecule has 0 aliphatic carbocycles. The molecule has 4 aromatic rings. The summed E-state index contributed by atoms with van der Waals surface area (Å²) in [5, 5.41) is 22.8. The van der Waals surface area contributed by atoms with Crippen LogP contribution < -0.4 is 9.64 Å². The predicted molar refractivity (Wildman–Crippen MR) is 162 cm³/mol. The number of rotatable bonds is 6. The highest BCUT2D eigenvalue weighted by Crippen LogP contribution is 2.42. The zero-order chi connectivity index (χ0) is 30.8. The number of piperidine rings is 1. The number of aromatic hydroxyl groups is 1. The van der Waals surface area contributed by atoms with E-state index in [0.717, 1.165) is 19.4 Å². The Hall–Kier alpha value is -3.70. The second kappa shape index (κ2) is 10.7. The van der Waals surface area contributed by atoms with Gasteiger partial charge in [0.15, 0.2) is 5.82 Å². The van der Waals surface area contributed by atoms with Crippen molar-refractivity contribution in [2.75, 3.05) is 37.7 Å². The van der Waals surface area contributed by atoms with Gasteiger partial charge in [-0.3, -0.25) is 9.88 Å². The average molecular weight is 608 g/mol. The number of anilines is 1. The number of alkyl halides is 1. The summed E-state index contributed by atoms with van der Waals surface area (Å²) in [4.78, 5) is 17.7. The van der Waals surface area contributed by atoms with Crippen molar-refractivity contribution in [3.8, 4) is 23.0 Å². The molecule has 3 aliphatic heterocycles. The summed E-state index contributed by atoms with van der Waals surface area (Å²) in [7, 11) is 0. The van der Waals surface area contributed by atoms with Gasteiger partial charge in [0.05, 0.1) is 16.5 Å². The zero-order valence-electron chi connectivity index (χ0n) is 24.9. The monoisotopic (exact) mass is 607 g/mol. The molecule has 5 heterocycles. The van der Waals surface area contributed by atoms with E-state index in [1.807, 2.05) is 11.8 Å². The van der Waals surface area contributed by atoms with Crippen LogP contribution in [-0.2, 0) is 6.42 Å². The van der Waals surface area contributed by atoms with E-state index in [1.165, 1.54) is 24.4 Å². The average Bonchev–Trinajstić information content (AvgIpc) is 3.51. The van der Waals surface area contributed by atoms with E-state index < -0.39 is 28.9 Å². The molecule has 0 saturated carbocycles. The van der Waals surface area contributed by atoms with Gasteiger partial charge in [-0.1, -0.05) is 13.0 Å². The fourth-order valence-electron chi connectivity index (χ4n) is 7.60. The van der Waals surface area contributed by atoms with E-state index in [9.17, 15) is 19.0 Å². The van der Waals surface area contributed by atoms with Crippen LogP contribution in [0.2, 0.25) is 0 Å². The summed E-state index contributed by atoms with van der Waals surface area (Å²) in [6.07, 6.45) is 4.36. The molecule has 0 spiro atoms. The Bertz CT molecular complexity index is 1770. The second-order valence-electron chi connectivity index (χ2n) is 12.9. The molecule has 2 aromatic heterocycles. The van der Waals surface area contributed by atoms with Crippen molar-refractivity contribution < 1.29 is 28.1 Å². The first-order valence-electron chi connectivity index (χ1n) is 15.4. The van der Waals surface area contributed by atoms with Crippen molar-refractivity contribution in [3.05, 3.63) is 47.7 Å². The number of β-amino-alcohol motifs (C(OH)–C–C–N with tert-alkyl or cyclic N) is 1. The van der Waals surface area contributed by atoms with E-state index in [2.05, 4.69) is 14.9 Å². The number of ether oxygens (including phenoxy) is 1. The number of halogens is 3. The Morgan fingerprint density at radius 3 is 2.73 bits per heavy atom. The Morgan fingerprint density at radius 2 is 1.93 bits per heavy atom. The molecule has 0 amide bonds. The van der Waals surface area contributed by atoms with Crippen molar-refractivity contribution in [1.82, 2.24) is 19.9 Å². The SMILES string of the molecule is CCc1c(F)ccc2cc(O)cc(-c3ncc4c(N5CCC[C@](C)(O)C5)nc(OC[C@@]56CCCN5C[C@H](F)C6)nc4c3F)c12. The summed E-state index contributed by atoms with van der Waals surface area (Å²) < 4.78 is 52.2. The minimum atomic E-state index is -0.965. The molecule has 3 atom stereocenters. The molecule has 8 nitrogen and oxygen atoms in total. The van der Waals surface area contributed by atoms with E-state index in [0.29, 0.717) is 66.3 Å². The first-order chi connectivity index (χ1) is 21.1. The lowest BCUT2D eigenvalue weighted by molar-refractivity contribution is 0.0447. The highest BCUT2D eigenvalue weighted by molar-refractivity contribution is 6.01. The Balaban J connectivity index is 1.38. The number of aryl methyl sites for hydroxylation is 1. The third-order valence-corrected chi connectivity index (χ3v) is 9.61. The number of hydrogen-bond acceptors (Lipinski definition) is 8. The molecular weight excluding hydrogens is 571 g/mol. The molecule has 7 rings (SSSR count). The molecule has 0 radical (unpaired) electrons. The summed E-state index contributed by atoms with van der Waals surface area (Å²) in [5.74, 6) is -0.898. The van der Waals surface area contributed by atoms with Gasteiger partial charge in [0, 0.05) is 37.8 Å². The van der Waals surface area contributed by atoms with E-state index >= 15 is 4.39 Å². The van der Waals surface area contributed by atoms with Crippen LogP contribution in [0.3, 0.4) is 0 Å². The van der Waals surface area contributed by atoms with Gasteiger partial charge in [-0.2, -0.15) is 9.97 Å². The summed E-state index contributed by atoms with van der Waals surface area (Å²) in [6, 6.07) is 5.75. The minimum absolute atomic E-state index is 0.0401. The normalized spacial score (nSPS) is 25.7. The molecule has 3 aliphatic rings. The number of phenols is 1. The van der Waals surface area contributed by atoms with Crippen molar-refractivity contribution in [3.63, 3.8) is 0 Å². The van der Waals surface area contributed by atoms with Crippen LogP contribution >= 0.6 is 0 Å². The summed E-state index contributed by atoms with van der Waals surface area (Å²) >= 11 is 0. The second-order valence-corrected chi connectivity index (χ2v) is 12.9. The number of hydrogen-bond donors (Lipinski definition) is 2. The third-order valence-electron chi connectivity index (χ3n) is 9.61. The van der Waals surface area contributed by atoms with Crippen LogP contribution in [0.1, 0.15) is 51.5 Å². The zero-order valence-corrected chi connectivity index (χ0v) is 24.9. The number of phenolic OH excluding ortho intramolecular Hbond substituents is 1.